The molecule has 0 aliphatic carbocycles. The second-order valence-electron chi connectivity index (χ2n) is 4.22. The number of hydrogen-bond acceptors (Lipinski definition) is 2. The van der Waals surface area contributed by atoms with E-state index >= 15 is 0 Å². The summed E-state index contributed by atoms with van der Waals surface area (Å²) in [5, 5.41) is 3.64. The van der Waals surface area contributed by atoms with Gasteiger partial charge in [-0.25, -0.2) is 0 Å². The maximum absolute atomic E-state index is 11.0. The Morgan fingerprint density at radius 2 is 1.89 bits per heavy atom. The van der Waals surface area contributed by atoms with Gasteiger partial charge in [0.2, 0.25) is 5.91 Å². The number of anilines is 1. The first-order valence-electron chi connectivity index (χ1n) is 6.04. The lowest BCUT2D eigenvalue weighted by Crippen LogP contribution is -2.12. The first-order valence-corrected chi connectivity index (χ1v) is 6.42. The number of carbonyl (C=O) groups is 1. The molecule has 0 aliphatic rings. The second-order valence-corrected chi connectivity index (χ2v) is 4.63. The topological polar surface area (TPSA) is 55.1 Å². The number of nitrogens with two attached hydrogens (primary N) is 1. The lowest BCUT2D eigenvalue weighted by molar-refractivity contribution is 0.100. The van der Waals surface area contributed by atoms with Crippen LogP contribution >= 0.6 is 11.6 Å². The van der Waals surface area contributed by atoms with Crippen LogP contribution in [0.15, 0.2) is 48.5 Å². The number of amides is 1. The van der Waals surface area contributed by atoms with Crippen molar-refractivity contribution in [3.8, 4) is 0 Å². The van der Waals surface area contributed by atoms with Crippen LogP contribution in [0, 0.1) is 0 Å². The SMILES string of the molecule is NC(=O)c1ccc(NCCc2ccccc2)cc1Cl. The molecule has 0 spiro atoms. The Bertz CT molecular complexity index is 570. The van der Waals surface area contributed by atoms with Gasteiger partial charge in [0.25, 0.3) is 0 Å². The van der Waals surface area contributed by atoms with Crippen molar-refractivity contribution in [1.29, 1.82) is 0 Å². The first-order chi connectivity index (χ1) is 9.16. The van der Waals surface area contributed by atoms with Crippen LogP contribution in [-0.2, 0) is 6.42 Å². The fourth-order valence-corrected chi connectivity index (χ4v) is 2.09. The van der Waals surface area contributed by atoms with Gasteiger partial charge >= 0.3 is 0 Å². The van der Waals surface area contributed by atoms with E-state index in [9.17, 15) is 4.79 Å². The van der Waals surface area contributed by atoms with Crippen molar-refractivity contribution in [3.63, 3.8) is 0 Å². The fraction of sp³-hybridized carbons (Fsp3) is 0.133. The zero-order valence-corrected chi connectivity index (χ0v) is 11.2. The highest BCUT2D eigenvalue weighted by Gasteiger charge is 2.06. The molecule has 0 atom stereocenters. The van der Waals surface area contributed by atoms with Crippen molar-refractivity contribution < 1.29 is 4.79 Å². The molecule has 4 heteroatoms. The Hall–Kier alpha value is -2.00. The van der Waals surface area contributed by atoms with E-state index in [4.69, 9.17) is 17.3 Å². The Balaban J connectivity index is 1.93. The predicted molar refractivity (Wildman–Crippen MR) is 78.6 cm³/mol. The lowest BCUT2D eigenvalue weighted by atomic mass is 10.1. The fourth-order valence-electron chi connectivity index (χ4n) is 1.82. The highest BCUT2D eigenvalue weighted by Crippen LogP contribution is 2.20. The predicted octanol–water partition coefficient (Wildman–Crippen LogP) is 3.09. The average Bonchev–Trinajstić information content (AvgIpc) is 2.39. The smallest absolute Gasteiger partial charge is 0.250 e. The van der Waals surface area contributed by atoms with Gasteiger partial charge in [-0.2, -0.15) is 0 Å². The summed E-state index contributed by atoms with van der Waals surface area (Å²) in [6, 6.07) is 15.4. The minimum absolute atomic E-state index is 0.343. The molecule has 3 nitrogen and oxygen atoms in total. The van der Waals surface area contributed by atoms with Crippen molar-refractivity contribution in [2.45, 2.75) is 6.42 Å². The number of nitrogens with one attached hydrogen (secondary N) is 1. The molecule has 0 bridgehead atoms. The molecule has 0 saturated carbocycles. The van der Waals surface area contributed by atoms with E-state index in [1.54, 1.807) is 18.2 Å². The number of hydrogen-bond donors (Lipinski definition) is 2. The Labute approximate surface area is 117 Å². The Morgan fingerprint density at radius 3 is 2.53 bits per heavy atom. The van der Waals surface area contributed by atoms with Crippen LogP contribution in [0.1, 0.15) is 15.9 Å². The molecule has 0 unspecified atom stereocenters. The van der Waals surface area contributed by atoms with Gasteiger partial charge in [-0.15, -0.1) is 0 Å². The molecule has 0 fully saturated rings. The minimum Gasteiger partial charge on any atom is -0.385 e. The maximum Gasteiger partial charge on any atom is 0.250 e. The van der Waals surface area contributed by atoms with Crippen LogP contribution in [0.3, 0.4) is 0 Å². The molecule has 1 amide bonds. The minimum atomic E-state index is -0.513. The third-order valence-corrected chi connectivity index (χ3v) is 3.13. The molecule has 98 valence electrons. The summed E-state index contributed by atoms with van der Waals surface area (Å²) in [6.45, 7) is 0.802. The van der Waals surface area contributed by atoms with Crippen molar-refractivity contribution in [2.24, 2.45) is 5.73 Å². The summed E-state index contributed by atoms with van der Waals surface area (Å²) >= 11 is 5.98. The van der Waals surface area contributed by atoms with Crippen molar-refractivity contribution >= 4 is 23.2 Å². The van der Waals surface area contributed by atoms with Crippen LogP contribution in [0.25, 0.3) is 0 Å². The summed E-state index contributed by atoms with van der Waals surface area (Å²) in [5.41, 5.74) is 7.69. The number of carbonyl (C=O) groups excluding carboxylic acids is 1. The van der Waals surface area contributed by atoms with Gasteiger partial charge in [-0.1, -0.05) is 41.9 Å². The lowest BCUT2D eigenvalue weighted by Gasteiger charge is -2.08. The molecule has 0 radical (unpaired) electrons. The van der Waals surface area contributed by atoms with Gasteiger partial charge in [0.15, 0.2) is 0 Å². The summed E-state index contributed by atoms with van der Waals surface area (Å²) in [4.78, 5) is 11.0. The molecule has 0 saturated heterocycles. The van der Waals surface area contributed by atoms with Crippen LogP contribution < -0.4 is 11.1 Å². The quantitative estimate of drug-likeness (QED) is 0.880. The van der Waals surface area contributed by atoms with E-state index in [0.29, 0.717) is 10.6 Å². The maximum atomic E-state index is 11.0. The standard InChI is InChI=1S/C15H15ClN2O/c16-14-10-12(6-7-13(14)15(17)19)18-9-8-11-4-2-1-3-5-11/h1-7,10,18H,8-9H2,(H2,17,19). The first kappa shape index (κ1) is 13.4. The van der Waals surface area contributed by atoms with Gasteiger partial charge in [0, 0.05) is 12.2 Å². The molecule has 3 N–H and O–H groups in total. The van der Waals surface area contributed by atoms with E-state index in [1.807, 2.05) is 18.2 Å². The molecule has 0 aromatic heterocycles. The number of primary amides is 1. The summed E-state index contributed by atoms with van der Waals surface area (Å²) < 4.78 is 0. The second kappa shape index (κ2) is 6.25. The molecule has 19 heavy (non-hydrogen) atoms. The summed E-state index contributed by atoms with van der Waals surface area (Å²) in [5.74, 6) is -0.513. The average molecular weight is 275 g/mol. The zero-order chi connectivity index (χ0) is 13.7. The summed E-state index contributed by atoms with van der Waals surface area (Å²) in [7, 11) is 0. The molecule has 0 heterocycles. The van der Waals surface area contributed by atoms with Gasteiger partial charge in [-0.05, 0) is 30.2 Å². The van der Waals surface area contributed by atoms with Crippen molar-refractivity contribution in [1.82, 2.24) is 0 Å². The van der Waals surface area contributed by atoms with Gasteiger partial charge < -0.3 is 11.1 Å². The molecular formula is C15H15ClN2O. The number of benzene rings is 2. The van der Waals surface area contributed by atoms with Crippen LogP contribution in [0.4, 0.5) is 5.69 Å². The van der Waals surface area contributed by atoms with Gasteiger partial charge in [-0.3, -0.25) is 4.79 Å². The molecule has 2 aromatic rings. The van der Waals surface area contributed by atoms with Crippen LogP contribution in [0.2, 0.25) is 5.02 Å². The molecular weight excluding hydrogens is 260 g/mol. The van der Waals surface area contributed by atoms with Gasteiger partial charge in [0.1, 0.15) is 0 Å². The Kier molecular flexibility index (Phi) is 4.42. The monoisotopic (exact) mass is 274 g/mol. The van der Waals surface area contributed by atoms with E-state index in [-0.39, 0.29) is 0 Å². The van der Waals surface area contributed by atoms with E-state index in [0.717, 1.165) is 18.7 Å². The largest absolute Gasteiger partial charge is 0.385 e. The molecule has 2 aromatic carbocycles. The third kappa shape index (κ3) is 3.73. The summed E-state index contributed by atoms with van der Waals surface area (Å²) in [6.07, 6.45) is 0.927. The van der Waals surface area contributed by atoms with E-state index in [1.165, 1.54) is 5.56 Å². The number of rotatable bonds is 5. The number of halogens is 1. The highest BCUT2D eigenvalue weighted by molar-refractivity contribution is 6.34. The van der Waals surface area contributed by atoms with E-state index < -0.39 is 5.91 Å². The van der Waals surface area contributed by atoms with E-state index in [2.05, 4.69) is 17.4 Å². The van der Waals surface area contributed by atoms with Crippen LogP contribution in [-0.4, -0.2) is 12.5 Å². The van der Waals surface area contributed by atoms with Crippen molar-refractivity contribution in [2.75, 3.05) is 11.9 Å². The van der Waals surface area contributed by atoms with Crippen molar-refractivity contribution in [3.05, 3.63) is 64.7 Å². The van der Waals surface area contributed by atoms with Crippen LogP contribution in [0.5, 0.6) is 0 Å². The zero-order valence-electron chi connectivity index (χ0n) is 10.4. The third-order valence-electron chi connectivity index (χ3n) is 2.82. The normalized spacial score (nSPS) is 10.2. The Morgan fingerprint density at radius 1 is 1.16 bits per heavy atom. The highest BCUT2D eigenvalue weighted by atomic mass is 35.5. The molecule has 0 aliphatic heterocycles. The molecule has 2 rings (SSSR count). The van der Waals surface area contributed by atoms with Gasteiger partial charge in [0.05, 0.1) is 10.6 Å².